The van der Waals surface area contributed by atoms with Crippen LogP contribution in [0.5, 0.6) is 0 Å². The van der Waals surface area contributed by atoms with Gasteiger partial charge in [0, 0.05) is 18.7 Å². The first kappa shape index (κ1) is 15.0. The van der Waals surface area contributed by atoms with Crippen LogP contribution < -0.4 is 5.14 Å². The van der Waals surface area contributed by atoms with Crippen molar-refractivity contribution in [1.29, 1.82) is 0 Å². The highest BCUT2D eigenvalue weighted by Crippen LogP contribution is 2.22. The number of nitrogens with zero attached hydrogens (tertiary/aromatic N) is 1. The molecule has 1 aromatic rings. The van der Waals surface area contributed by atoms with Gasteiger partial charge in [0.25, 0.3) is 5.91 Å². The molecule has 1 heterocycles. The smallest absolute Gasteiger partial charge is 0.253 e. The summed E-state index contributed by atoms with van der Waals surface area (Å²) in [5.41, 5.74) is 0.938. The molecule has 1 atom stereocenters. The van der Waals surface area contributed by atoms with Crippen molar-refractivity contribution in [3.8, 4) is 0 Å². The number of benzene rings is 1. The molecule has 1 unspecified atom stereocenters. The maximum atomic E-state index is 12.4. The Morgan fingerprint density at radius 3 is 2.70 bits per heavy atom. The van der Waals surface area contributed by atoms with Crippen LogP contribution in [0.4, 0.5) is 0 Å². The summed E-state index contributed by atoms with van der Waals surface area (Å²) in [5, 5.41) is 5.17. The highest BCUT2D eigenvalue weighted by atomic mass is 32.2. The van der Waals surface area contributed by atoms with Crippen LogP contribution in [0, 0.1) is 12.8 Å². The molecule has 20 heavy (non-hydrogen) atoms. The molecule has 0 aliphatic carbocycles. The predicted octanol–water partition coefficient (Wildman–Crippen LogP) is 1.51. The number of sulfonamides is 1. The second-order valence-electron chi connectivity index (χ2n) is 5.34. The summed E-state index contributed by atoms with van der Waals surface area (Å²) in [7, 11) is -3.80. The first-order chi connectivity index (χ1) is 9.32. The van der Waals surface area contributed by atoms with E-state index >= 15 is 0 Å². The molecule has 110 valence electrons. The van der Waals surface area contributed by atoms with Gasteiger partial charge in [0.1, 0.15) is 0 Å². The zero-order valence-electron chi connectivity index (χ0n) is 11.8. The van der Waals surface area contributed by atoms with Gasteiger partial charge < -0.3 is 4.90 Å². The Labute approximate surface area is 119 Å². The number of hydrogen-bond acceptors (Lipinski definition) is 3. The lowest BCUT2D eigenvalue weighted by Crippen LogP contribution is -2.29. The van der Waals surface area contributed by atoms with Crippen LogP contribution in [0.1, 0.15) is 35.7 Å². The number of hydrogen-bond donors (Lipinski definition) is 1. The van der Waals surface area contributed by atoms with E-state index in [1.165, 1.54) is 6.07 Å². The Kier molecular flexibility index (Phi) is 4.15. The van der Waals surface area contributed by atoms with Gasteiger partial charge in [0.15, 0.2) is 0 Å². The van der Waals surface area contributed by atoms with Crippen LogP contribution in [0.3, 0.4) is 0 Å². The molecule has 1 fully saturated rings. The second-order valence-corrected chi connectivity index (χ2v) is 6.87. The van der Waals surface area contributed by atoms with Crippen molar-refractivity contribution in [1.82, 2.24) is 4.90 Å². The van der Waals surface area contributed by atoms with Gasteiger partial charge in [-0.05, 0) is 37.0 Å². The van der Waals surface area contributed by atoms with Crippen LogP contribution in [0.2, 0.25) is 0 Å². The molecule has 1 aliphatic rings. The topological polar surface area (TPSA) is 80.5 Å². The molecule has 1 aliphatic heterocycles. The van der Waals surface area contributed by atoms with Gasteiger partial charge in [0.05, 0.1) is 4.90 Å². The normalized spacial score (nSPS) is 19.4. The summed E-state index contributed by atoms with van der Waals surface area (Å²) in [5.74, 6) is 0.424. The third-order valence-corrected chi connectivity index (χ3v) is 4.94. The molecule has 0 spiro atoms. The Hall–Kier alpha value is -1.40. The lowest BCUT2D eigenvalue weighted by Gasteiger charge is -2.17. The van der Waals surface area contributed by atoms with E-state index in [1.807, 2.05) is 0 Å². The molecule has 1 amide bonds. The fourth-order valence-electron chi connectivity index (χ4n) is 2.57. The van der Waals surface area contributed by atoms with E-state index in [9.17, 15) is 13.2 Å². The Morgan fingerprint density at radius 1 is 1.45 bits per heavy atom. The van der Waals surface area contributed by atoms with Gasteiger partial charge in [-0.1, -0.05) is 19.4 Å². The molecule has 2 rings (SSSR count). The molecule has 2 N–H and O–H groups in total. The van der Waals surface area contributed by atoms with Crippen molar-refractivity contribution >= 4 is 15.9 Å². The Bertz CT molecular complexity index is 625. The van der Waals surface area contributed by atoms with Crippen molar-refractivity contribution in [3.05, 3.63) is 29.3 Å². The second kappa shape index (κ2) is 5.54. The van der Waals surface area contributed by atoms with Crippen molar-refractivity contribution in [2.24, 2.45) is 11.1 Å². The van der Waals surface area contributed by atoms with E-state index in [2.05, 4.69) is 6.92 Å². The maximum absolute atomic E-state index is 12.4. The third-order valence-electron chi connectivity index (χ3n) is 3.89. The molecule has 1 aromatic carbocycles. The van der Waals surface area contributed by atoms with Gasteiger partial charge in [-0.25, -0.2) is 13.6 Å². The fraction of sp³-hybridized carbons (Fsp3) is 0.500. The zero-order valence-corrected chi connectivity index (χ0v) is 12.6. The van der Waals surface area contributed by atoms with Crippen molar-refractivity contribution in [3.63, 3.8) is 0 Å². The standard InChI is InChI=1S/C14H20N2O3S/c1-3-11-6-7-16(9-11)14(17)12-5-4-10(2)13(8-12)20(15,18)19/h4-5,8,11H,3,6-7,9H2,1-2H3,(H2,15,18,19). The monoisotopic (exact) mass is 296 g/mol. The van der Waals surface area contributed by atoms with E-state index in [0.717, 1.165) is 25.9 Å². The Morgan fingerprint density at radius 2 is 2.15 bits per heavy atom. The minimum Gasteiger partial charge on any atom is -0.338 e. The average molecular weight is 296 g/mol. The molecule has 6 heteroatoms. The van der Waals surface area contributed by atoms with Gasteiger partial charge in [-0.15, -0.1) is 0 Å². The number of rotatable bonds is 3. The fourth-order valence-corrected chi connectivity index (χ4v) is 3.38. The van der Waals surface area contributed by atoms with E-state index in [4.69, 9.17) is 5.14 Å². The molecule has 0 bridgehead atoms. The van der Waals surface area contributed by atoms with Crippen molar-refractivity contribution in [2.75, 3.05) is 13.1 Å². The van der Waals surface area contributed by atoms with E-state index in [-0.39, 0.29) is 10.8 Å². The predicted molar refractivity (Wildman–Crippen MR) is 76.9 cm³/mol. The molecular weight excluding hydrogens is 276 g/mol. The minimum atomic E-state index is -3.80. The van der Waals surface area contributed by atoms with Gasteiger partial charge in [-0.3, -0.25) is 4.79 Å². The number of likely N-dealkylation sites (tertiary alicyclic amines) is 1. The van der Waals surface area contributed by atoms with Crippen molar-refractivity contribution in [2.45, 2.75) is 31.6 Å². The first-order valence-electron chi connectivity index (χ1n) is 6.75. The van der Waals surface area contributed by atoms with Crippen LogP contribution in [0.15, 0.2) is 23.1 Å². The third kappa shape index (κ3) is 3.02. The van der Waals surface area contributed by atoms with Gasteiger partial charge in [-0.2, -0.15) is 0 Å². The highest BCUT2D eigenvalue weighted by Gasteiger charge is 2.26. The Balaban J connectivity index is 2.28. The van der Waals surface area contributed by atoms with E-state index < -0.39 is 10.0 Å². The SMILES string of the molecule is CCC1CCN(C(=O)c2ccc(C)c(S(N)(=O)=O)c2)C1. The number of nitrogens with two attached hydrogens (primary N) is 1. The van der Waals surface area contributed by atoms with E-state index in [0.29, 0.717) is 17.0 Å². The number of amides is 1. The summed E-state index contributed by atoms with van der Waals surface area (Å²) in [6, 6.07) is 4.66. The summed E-state index contributed by atoms with van der Waals surface area (Å²) < 4.78 is 23.0. The maximum Gasteiger partial charge on any atom is 0.253 e. The molecule has 0 radical (unpaired) electrons. The number of carbonyl (C=O) groups is 1. The lowest BCUT2D eigenvalue weighted by molar-refractivity contribution is 0.0786. The van der Waals surface area contributed by atoms with Gasteiger partial charge >= 0.3 is 0 Å². The summed E-state index contributed by atoms with van der Waals surface area (Å²) >= 11 is 0. The van der Waals surface area contributed by atoms with Crippen LogP contribution >= 0.6 is 0 Å². The number of aryl methyl sites for hydroxylation is 1. The van der Waals surface area contributed by atoms with Crippen LogP contribution in [-0.2, 0) is 10.0 Å². The first-order valence-corrected chi connectivity index (χ1v) is 8.30. The van der Waals surface area contributed by atoms with Crippen LogP contribution in [0.25, 0.3) is 0 Å². The number of carbonyl (C=O) groups excluding carboxylic acids is 1. The minimum absolute atomic E-state index is 0.0228. The van der Waals surface area contributed by atoms with Crippen molar-refractivity contribution < 1.29 is 13.2 Å². The van der Waals surface area contributed by atoms with Crippen LogP contribution in [-0.4, -0.2) is 32.3 Å². The summed E-state index contributed by atoms with van der Waals surface area (Å²) in [6.07, 6.45) is 2.07. The summed E-state index contributed by atoms with van der Waals surface area (Å²) in [6.45, 7) is 5.25. The summed E-state index contributed by atoms with van der Waals surface area (Å²) in [4.78, 5) is 14.2. The number of primary sulfonamides is 1. The van der Waals surface area contributed by atoms with E-state index in [1.54, 1.807) is 24.0 Å². The molecular formula is C14H20N2O3S. The molecule has 5 nitrogen and oxygen atoms in total. The highest BCUT2D eigenvalue weighted by molar-refractivity contribution is 7.89. The zero-order chi connectivity index (χ0) is 14.9. The van der Waals surface area contributed by atoms with Gasteiger partial charge in [0.2, 0.25) is 10.0 Å². The molecule has 0 saturated carbocycles. The molecule has 0 aromatic heterocycles. The lowest BCUT2D eigenvalue weighted by atomic mass is 10.1. The average Bonchev–Trinajstić information content (AvgIpc) is 2.86. The largest absolute Gasteiger partial charge is 0.338 e. The molecule has 1 saturated heterocycles. The quantitative estimate of drug-likeness (QED) is 0.918.